The van der Waals surface area contributed by atoms with Gasteiger partial charge in [-0.15, -0.1) is 0 Å². The number of carbonyl (C=O) groups is 2. The summed E-state index contributed by atoms with van der Waals surface area (Å²) in [6.45, 7) is 3.31. The van der Waals surface area contributed by atoms with Gasteiger partial charge in [0.2, 0.25) is 5.91 Å². The maximum atomic E-state index is 13.4. The Morgan fingerprint density at radius 2 is 1.83 bits per heavy atom. The van der Waals surface area contributed by atoms with Crippen molar-refractivity contribution in [2.45, 2.75) is 13.0 Å². The van der Waals surface area contributed by atoms with Crippen LogP contribution in [-0.4, -0.2) is 48.4 Å². The molecule has 5 nitrogen and oxygen atoms in total. The summed E-state index contributed by atoms with van der Waals surface area (Å²) >= 11 is 5.84. The summed E-state index contributed by atoms with van der Waals surface area (Å²) in [5.41, 5.74) is 1.41. The van der Waals surface area contributed by atoms with Crippen LogP contribution in [0.4, 0.5) is 4.39 Å². The van der Waals surface area contributed by atoms with E-state index in [0.29, 0.717) is 25.2 Å². The topological polar surface area (TPSA) is 49.9 Å². The molecule has 0 aliphatic carbocycles. The molecule has 2 fully saturated rings. The number of hydrogen-bond donors (Lipinski definition) is 0. The predicted octanol–water partition coefficient (Wildman–Crippen LogP) is 3.78. The van der Waals surface area contributed by atoms with Gasteiger partial charge in [-0.2, -0.15) is 0 Å². The van der Waals surface area contributed by atoms with Crippen LogP contribution in [0.25, 0.3) is 0 Å². The number of nitrogens with zero attached hydrogens (tertiary/aromatic N) is 2. The maximum absolute atomic E-state index is 13.4. The first-order valence-corrected chi connectivity index (χ1v) is 9.92. The molecule has 152 valence electrons. The van der Waals surface area contributed by atoms with Crippen LogP contribution in [0.15, 0.2) is 42.5 Å². The van der Waals surface area contributed by atoms with Gasteiger partial charge in [-0.25, -0.2) is 4.39 Å². The number of hydrogen-bond acceptors (Lipinski definition) is 3. The van der Waals surface area contributed by atoms with E-state index in [9.17, 15) is 14.0 Å². The molecule has 0 radical (unpaired) electrons. The second-order valence-electron chi connectivity index (χ2n) is 7.65. The third-order valence-corrected chi connectivity index (χ3v) is 6.27. The van der Waals surface area contributed by atoms with Gasteiger partial charge in [0.15, 0.2) is 0 Å². The van der Waals surface area contributed by atoms with Gasteiger partial charge >= 0.3 is 0 Å². The zero-order valence-electron chi connectivity index (χ0n) is 16.3. The molecular formula is C22H22ClFN2O3. The van der Waals surface area contributed by atoms with E-state index in [1.165, 1.54) is 18.2 Å². The molecule has 29 heavy (non-hydrogen) atoms. The van der Waals surface area contributed by atoms with Crippen molar-refractivity contribution in [3.63, 3.8) is 0 Å². The average Bonchev–Trinajstić information content (AvgIpc) is 3.28. The fourth-order valence-electron chi connectivity index (χ4n) is 4.57. The number of halogens is 2. The van der Waals surface area contributed by atoms with E-state index < -0.39 is 5.82 Å². The summed E-state index contributed by atoms with van der Waals surface area (Å²) in [4.78, 5) is 28.9. The van der Waals surface area contributed by atoms with Crippen LogP contribution >= 0.6 is 11.6 Å². The Labute approximate surface area is 174 Å². The fraction of sp³-hybridized carbons (Fsp3) is 0.364. The molecule has 0 aromatic heterocycles. The van der Waals surface area contributed by atoms with Crippen molar-refractivity contribution < 1.29 is 18.7 Å². The van der Waals surface area contributed by atoms with Crippen molar-refractivity contribution >= 4 is 23.4 Å². The summed E-state index contributed by atoms with van der Waals surface area (Å²) in [7, 11) is 1.62. The zero-order valence-corrected chi connectivity index (χ0v) is 17.0. The van der Waals surface area contributed by atoms with E-state index in [1.807, 2.05) is 29.2 Å². The van der Waals surface area contributed by atoms with Gasteiger partial charge in [0, 0.05) is 44.0 Å². The molecule has 2 saturated heterocycles. The summed E-state index contributed by atoms with van der Waals surface area (Å²) < 4.78 is 18.7. The zero-order chi connectivity index (χ0) is 20.7. The van der Waals surface area contributed by atoms with E-state index in [0.717, 1.165) is 11.3 Å². The summed E-state index contributed by atoms with van der Waals surface area (Å²) in [6.07, 6.45) is 0. The number of likely N-dealkylation sites (tertiary alicyclic amines) is 2. The summed E-state index contributed by atoms with van der Waals surface area (Å²) in [6, 6.07) is 11.7. The van der Waals surface area contributed by atoms with Crippen molar-refractivity contribution in [3.05, 3.63) is 64.4 Å². The highest BCUT2D eigenvalue weighted by Crippen LogP contribution is 2.45. The Balaban J connectivity index is 1.58. The smallest absolute Gasteiger partial charge is 0.253 e. The molecule has 0 bridgehead atoms. The lowest BCUT2D eigenvalue weighted by atomic mass is 9.89. The molecule has 0 unspecified atom stereocenters. The second kappa shape index (κ2) is 7.67. The largest absolute Gasteiger partial charge is 0.497 e. The van der Waals surface area contributed by atoms with Crippen LogP contribution in [0.5, 0.6) is 5.75 Å². The highest BCUT2D eigenvalue weighted by Gasteiger charge is 2.49. The van der Waals surface area contributed by atoms with Crippen molar-refractivity contribution in [2.24, 2.45) is 11.8 Å². The first kappa shape index (κ1) is 19.7. The highest BCUT2D eigenvalue weighted by atomic mass is 35.5. The van der Waals surface area contributed by atoms with E-state index in [1.54, 1.807) is 18.9 Å². The number of ether oxygens (including phenoxy) is 1. The maximum Gasteiger partial charge on any atom is 0.253 e. The third-order valence-electron chi connectivity index (χ3n) is 5.98. The Hall–Kier alpha value is -2.60. The van der Waals surface area contributed by atoms with Gasteiger partial charge in [-0.05, 0) is 35.9 Å². The molecule has 0 N–H and O–H groups in total. The van der Waals surface area contributed by atoms with E-state index >= 15 is 0 Å². The minimum Gasteiger partial charge on any atom is -0.497 e. The standard InChI is InChI=1S/C22H22ClFN2O3/c1-13(27)26-11-16-10-25(22(28)15-5-8-20(24)19(23)9-15)12-18(16)21(26)14-3-6-17(29-2)7-4-14/h3-9,16,18,21H,10-12H2,1-2H3/t16-,18-,21+/m1/s1. The molecule has 2 heterocycles. The van der Waals surface area contributed by atoms with E-state index in [-0.39, 0.29) is 34.7 Å². The van der Waals surface area contributed by atoms with Crippen LogP contribution in [0, 0.1) is 17.7 Å². The van der Waals surface area contributed by atoms with Crippen molar-refractivity contribution in [2.75, 3.05) is 26.7 Å². The second-order valence-corrected chi connectivity index (χ2v) is 8.06. The summed E-state index contributed by atoms with van der Waals surface area (Å²) in [5, 5.41) is -0.0610. The van der Waals surface area contributed by atoms with Gasteiger partial charge < -0.3 is 14.5 Å². The van der Waals surface area contributed by atoms with Crippen molar-refractivity contribution in [1.29, 1.82) is 0 Å². The molecule has 2 amide bonds. The number of amides is 2. The van der Waals surface area contributed by atoms with Crippen LogP contribution < -0.4 is 4.74 Å². The number of rotatable bonds is 3. The minimum atomic E-state index is -0.543. The van der Waals surface area contributed by atoms with Gasteiger partial charge in [0.05, 0.1) is 18.2 Å². The van der Waals surface area contributed by atoms with Crippen LogP contribution in [0.2, 0.25) is 5.02 Å². The number of fused-ring (bicyclic) bond motifs is 1. The number of methoxy groups -OCH3 is 1. The number of carbonyl (C=O) groups excluding carboxylic acids is 2. The molecule has 2 aliphatic rings. The number of benzene rings is 2. The predicted molar refractivity (Wildman–Crippen MR) is 107 cm³/mol. The normalized spacial score (nSPS) is 23.2. The Morgan fingerprint density at radius 3 is 2.45 bits per heavy atom. The monoisotopic (exact) mass is 416 g/mol. The molecule has 4 rings (SSSR count). The van der Waals surface area contributed by atoms with Gasteiger partial charge in [0.25, 0.3) is 5.91 Å². The van der Waals surface area contributed by atoms with E-state index in [4.69, 9.17) is 16.3 Å². The Morgan fingerprint density at radius 1 is 1.10 bits per heavy atom. The van der Waals surface area contributed by atoms with Crippen molar-refractivity contribution in [1.82, 2.24) is 9.80 Å². The lowest BCUT2D eigenvalue weighted by molar-refractivity contribution is -0.130. The molecule has 2 aromatic carbocycles. The first-order chi connectivity index (χ1) is 13.9. The van der Waals surface area contributed by atoms with Crippen LogP contribution in [0.1, 0.15) is 28.9 Å². The molecule has 2 aliphatic heterocycles. The molecule has 2 aromatic rings. The lowest BCUT2D eigenvalue weighted by Gasteiger charge is -2.29. The molecule has 3 atom stereocenters. The summed E-state index contributed by atoms with van der Waals surface area (Å²) in [5.74, 6) is 0.429. The Bertz CT molecular complexity index is 950. The molecule has 0 spiro atoms. The Kier molecular flexibility index (Phi) is 5.21. The van der Waals surface area contributed by atoms with E-state index in [2.05, 4.69) is 0 Å². The minimum absolute atomic E-state index is 0.0309. The third kappa shape index (κ3) is 3.57. The quantitative estimate of drug-likeness (QED) is 0.765. The SMILES string of the molecule is COc1ccc([C@H]2[C@@H]3CN(C(=O)c4ccc(F)c(Cl)c4)C[C@@H]3CN2C(C)=O)cc1. The van der Waals surface area contributed by atoms with Crippen LogP contribution in [-0.2, 0) is 4.79 Å². The van der Waals surface area contributed by atoms with Crippen LogP contribution in [0.3, 0.4) is 0 Å². The average molecular weight is 417 g/mol. The van der Waals surface area contributed by atoms with Crippen molar-refractivity contribution in [3.8, 4) is 5.75 Å². The lowest BCUT2D eigenvalue weighted by Crippen LogP contribution is -2.36. The fourth-order valence-corrected chi connectivity index (χ4v) is 4.76. The first-order valence-electron chi connectivity index (χ1n) is 9.54. The molecule has 7 heteroatoms. The molecule has 0 saturated carbocycles. The van der Waals surface area contributed by atoms with Gasteiger partial charge in [-0.1, -0.05) is 23.7 Å². The van der Waals surface area contributed by atoms with Gasteiger partial charge in [0.1, 0.15) is 11.6 Å². The highest BCUT2D eigenvalue weighted by molar-refractivity contribution is 6.31. The molecular weight excluding hydrogens is 395 g/mol. The van der Waals surface area contributed by atoms with Gasteiger partial charge in [-0.3, -0.25) is 9.59 Å².